The van der Waals surface area contributed by atoms with Gasteiger partial charge in [-0.2, -0.15) is 0 Å². The van der Waals surface area contributed by atoms with Gasteiger partial charge >= 0.3 is 6.85 Å². The lowest BCUT2D eigenvalue weighted by Crippen LogP contribution is -2.58. The maximum Gasteiger partial charge on any atom is 0.328 e. The molecule has 206 valence electrons. The van der Waals surface area contributed by atoms with Crippen LogP contribution in [0.3, 0.4) is 0 Å². The molecular formula is C40H38BN. The van der Waals surface area contributed by atoms with Crippen molar-refractivity contribution in [2.24, 2.45) is 0 Å². The van der Waals surface area contributed by atoms with Crippen molar-refractivity contribution in [3.8, 4) is 11.1 Å². The second-order valence-corrected chi connectivity index (χ2v) is 14.8. The maximum absolute atomic E-state index is 2.69. The van der Waals surface area contributed by atoms with Crippen LogP contribution in [0.25, 0.3) is 32.9 Å². The lowest BCUT2D eigenvalue weighted by molar-refractivity contribution is 0.591. The summed E-state index contributed by atoms with van der Waals surface area (Å²) in [6, 6.07) is 39.7. The molecule has 8 rings (SSSR count). The molecule has 0 saturated carbocycles. The molecule has 1 nitrogen and oxygen atoms in total. The van der Waals surface area contributed by atoms with E-state index >= 15 is 0 Å². The first-order valence-electron chi connectivity index (χ1n) is 15.4. The monoisotopic (exact) mass is 543 g/mol. The molecule has 0 saturated heterocycles. The van der Waals surface area contributed by atoms with E-state index in [0.717, 1.165) is 0 Å². The maximum atomic E-state index is 2.69. The van der Waals surface area contributed by atoms with Gasteiger partial charge in [0.1, 0.15) is 0 Å². The summed E-state index contributed by atoms with van der Waals surface area (Å²) < 4.78 is 2.69. The third kappa shape index (κ3) is 3.27. The van der Waals surface area contributed by atoms with Gasteiger partial charge < -0.3 is 4.48 Å². The first kappa shape index (κ1) is 25.7. The van der Waals surface area contributed by atoms with Crippen molar-refractivity contribution in [2.75, 3.05) is 0 Å². The average molecular weight is 544 g/mol. The number of rotatable bonds is 1. The normalized spacial score (nSPS) is 17.5. The predicted molar refractivity (Wildman–Crippen MR) is 181 cm³/mol. The summed E-state index contributed by atoms with van der Waals surface area (Å²) in [6.07, 6.45) is 0. The summed E-state index contributed by atoms with van der Waals surface area (Å²) in [4.78, 5) is 0. The fraction of sp³-hybridized carbons (Fsp3) is 0.250. The molecule has 42 heavy (non-hydrogen) atoms. The molecule has 2 aliphatic rings. The van der Waals surface area contributed by atoms with Crippen molar-refractivity contribution in [1.29, 1.82) is 0 Å². The van der Waals surface area contributed by atoms with Crippen molar-refractivity contribution < 1.29 is 0 Å². The van der Waals surface area contributed by atoms with E-state index in [2.05, 4.69) is 156 Å². The SMILES string of the molecule is CC(C)(C)c1ccc2c3ccc(C(C)(C)C)cc3n(B3c4ccccc4C4(C)c5ccccc5-c5cccc3c54)c2c1. The largest absolute Gasteiger partial charge is 0.376 e. The molecule has 6 aromatic rings. The molecule has 2 heteroatoms. The van der Waals surface area contributed by atoms with E-state index in [1.807, 2.05) is 0 Å². The van der Waals surface area contributed by atoms with Gasteiger partial charge in [0.15, 0.2) is 0 Å². The van der Waals surface area contributed by atoms with Crippen molar-refractivity contribution in [1.82, 2.24) is 4.48 Å². The van der Waals surface area contributed by atoms with Crippen molar-refractivity contribution in [3.05, 3.63) is 131 Å². The second-order valence-electron chi connectivity index (χ2n) is 14.8. The molecule has 1 aromatic heterocycles. The molecule has 1 atom stereocenters. The number of nitrogens with zero attached hydrogens (tertiary/aromatic N) is 1. The highest BCUT2D eigenvalue weighted by molar-refractivity contribution is 6.86. The van der Waals surface area contributed by atoms with Gasteiger partial charge in [-0.05, 0) is 79.8 Å². The number of benzene rings is 5. The quantitative estimate of drug-likeness (QED) is 0.183. The van der Waals surface area contributed by atoms with Crippen LogP contribution in [-0.4, -0.2) is 11.3 Å². The van der Waals surface area contributed by atoms with Gasteiger partial charge in [0.2, 0.25) is 0 Å². The minimum Gasteiger partial charge on any atom is -0.376 e. The number of fused-ring (bicyclic) bond motifs is 8. The van der Waals surface area contributed by atoms with E-state index in [4.69, 9.17) is 0 Å². The Morgan fingerprint density at radius 3 is 1.69 bits per heavy atom. The smallest absolute Gasteiger partial charge is 0.328 e. The zero-order valence-electron chi connectivity index (χ0n) is 25.8. The summed E-state index contributed by atoms with van der Waals surface area (Å²) in [5, 5.41) is 2.67. The molecule has 1 aliphatic carbocycles. The van der Waals surface area contributed by atoms with Gasteiger partial charge in [-0.1, -0.05) is 133 Å². The van der Waals surface area contributed by atoms with Crippen LogP contribution < -0.4 is 10.9 Å². The first-order chi connectivity index (χ1) is 20.0. The summed E-state index contributed by atoms with van der Waals surface area (Å²) in [5.41, 5.74) is 15.2. The summed E-state index contributed by atoms with van der Waals surface area (Å²) in [7, 11) is 0. The van der Waals surface area contributed by atoms with Gasteiger partial charge in [-0.3, -0.25) is 0 Å². The molecule has 0 radical (unpaired) electrons. The van der Waals surface area contributed by atoms with Crippen LogP contribution in [0.2, 0.25) is 0 Å². The Morgan fingerprint density at radius 2 is 1.07 bits per heavy atom. The summed E-state index contributed by atoms with van der Waals surface area (Å²) in [5.74, 6) is 0. The van der Waals surface area contributed by atoms with E-state index in [9.17, 15) is 0 Å². The summed E-state index contributed by atoms with van der Waals surface area (Å²) >= 11 is 0. The standard InChI is InChI=1S/C40H38BN/c1-38(2,3)25-19-21-28-29-22-20-26(39(4,5)6)24-36(29)42(35(28)23-25)41-33-17-11-10-16-32(33)40(7)31-15-9-8-13-27(31)30-14-12-18-34(41)37(30)40/h8-24H,1-7H3. The van der Waals surface area contributed by atoms with E-state index < -0.39 is 0 Å². The summed E-state index contributed by atoms with van der Waals surface area (Å²) in [6.45, 7) is 16.5. The lowest BCUT2D eigenvalue weighted by atomic mass is 9.41. The van der Waals surface area contributed by atoms with E-state index in [1.54, 1.807) is 0 Å². The molecule has 0 fully saturated rings. The van der Waals surface area contributed by atoms with Crippen LogP contribution in [0, 0.1) is 0 Å². The molecule has 1 aliphatic heterocycles. The van der Waals surface area contributed by atoms with Crippen molar-refractivity contribution in [3.63, 3.8) is 0 Å². The lowest BCUT2D eigenvalue weighted by Gasteiger charge is -2.39. The zero-order chi connectivity index (χ0) is 29.2. The van der Waals surface area contributed by atoms with Crippen molar-refractivity contribution >= 4 is 39.6 Å². The van der Waals surface area contributed by atoms with Crippen LogP contribution in [0.15, 0.2) is 103 Å². The molecule has 1 unspecified atom stereocenters. The topological polar surface area (TPSA) is 4.93 Å². The molecule has 0 bridgehead atoms. The van der Waals surface area contributed by atoms with E-state index in [-0.39, 0.29) is 23.1 Å². The predicted octanol–water partition coefficient (Wildman–Crippen LogP) is 8.69. The average Bonchev–Trinajstić information content (AvgIpc) is 3.43. The zero-order valence-corrected chi connectivity index (χ0v) is 25.8. The first-order valence-corrected chi connectivity index (χ1v) is 15.4. The molecular weight excluding hydrogens is 505 g/mol. The van der Waals surface area contributed by atoms with Crippen LogP contribution in [-0.2, 0) is 16.2 Å². The number of hydrogen-bond donors (Lipinski definition) is 0. The minimum atomic E-state index is -0.179. The Hall–Kier alpha value is -4.04. The van der Waals surface area contributed by atoms with Crippen LogP contribution in [0.5, 0.6) is 0 Å². The fourth-order valence-electron chi connectivity index (χ4n) is 8.04. The van der Waals surface area contributed by atoms with Crippen LogP contribution in [0.4, 0.5) is 0 Å². The van der Waals surface area contributed by atoms with E-state index in [0.29, 0.717) is 0 Å². The van der Waals surface area contributed by atoms with Crippen molar-refractivity contribution in [2.45, 2.75) is 64.7 Å². The molecule has 0 N–H and O–H groups in total. The Morgan fingerprint density at radius 1 is 0.548 bits per heavy atom. The van der Waals surface area contributed by atoms with E-state index in [1.165, 1.54) is 71.7 Å². The Labute approximate surface area is 250 Å². The molecule has 5 aromatic carbocycles. The highest BCUT2D eigenvalue weighted by atomic mass is 14.9. The third-order valence-electron chi connectivity index (χ3n) is 10.2. The Kier molecular flexibility index (Phi) is 5.06. The highest BCUT2D eigenvalue weighted by Crippen LogP contribution is 2.53. The van der Waals surface area contributed by atoms with Gasteiger partial charge in [-0.15, -0.1) is 0 Å². The van der Waals surface area contributed by atoms with Gasteiger partial charge in [0.05, 0.1) is 0 Å². The van der Waals surface area contributed by atoms with Crippen LogP contribution >= 0.6 is 0 Å². The highest BCUT2D eigenvalue weighted by Gasteiger charge is 2.50. The minimum absolute atomic E-state index is 0.0602. The molecule has 0 spiro atoms. The van der Waals surface area contributed by atoms with Gasteiger partial charge in [0, 0.05) is 27.2 Å². The van der Waals surface area contributed by atoms with Gasteiger partial charge in [0.25, 0.3) is 0 Å². The third-order valence-corrected chi connectivity index (χ3v) is 10.2. The molecule has 2 heterocycles. The fourth-order valence-corrected chi connectivity index (χ4v) is 8.04. The van der Waals surface area contributed by atoms with Crippen LogP contribution in [0.1, 0.15) is 76.3 Å². The Balaban J connectivity index is 1.54. The Bertz CT molecular complexity index is 2010. The number of aromatic nitrogens is 1. The second kappa shape index (κ2) is 8.29. The van der Waals surface area contributed by atoms with Gasteiger partial charge in [-0.25, -0.2) is 0 Å². The number of hydrogen-bond acceptors (Lipinski definition) is 0. The molecule has 0 amide bonds.